The van der Waals surface area contributed by atoms with E-state index in [0.29, 0.717) is 18.7 Å². The fourth-order valence-electron chi connectivity index (χ4n) is 4.66. The molecule has 0 radical (unpaired) electrons. The van der Waals surface area contributed by atoms with Gasteiger partial charge < -0.3 is 15.5 Å². The smallest absolute Gasteiger partial charge is 0.321 e. The molecule has 2 aromatic rings. The molecule has 32 heavy (non-hydrogen) atoms. The molecule has 0 bridgehead atoms. The minimum Gasteiger partial charge on any atom is -0.352 e. The van der Waals surface area contributed by atoms with Gasteiger partial charge in [0.25, 0.3) is 5.91 Å². The Morgan fingerprint density at radius 2 is 1.88 bits per heavy atom. The maximum atomic E-state index is 12.7. The van der Waals surface area contributed by atoms with Crippen molar-refractivity contribution in [1.82, 2.24) is 10.2 Å². The second-order valence-corrected chi connectivity index (χ2v) is 8.82. The van der Waals surface area contributed by atoms with Crippen molar-refractivity contribution < 1.29 is 9.59 Å². The topological polar surface area (TPSA) is 61.4 Å². The van der Waals surface area contributed by atoms with E-state index >= 15 is 0 Å². The molecule has 2 aromatic carbocycles. The van der Waals surface area contributed by atoms with Crippen LogP contribution in [0.4, 0.5) is 10.5 Å². The molecule has 2 aliphatic rings. The first kappa shape index (κ1) is 22.1. The van der Waals surface area contributed by atoms with Crippen LogP contribution in [0.3, 0.4) is 0 Å². The van der Waals surface area contributed by atoms with Crippen LogP contribution in [0, 0.1) is 0 Å². The lowest BCUT2D eigenvalue weighted by Crippen LogP contribution is -2.41. The van der Waals surface area contributed by atoms with Gasteiger partial charge in [-0.05, 0) is 74.8 Å². The van der Waals surface area contributed by atoms with Crippen LogP contribution in [0.25, 0.3) is 0 Å². The van der Waals surface area contributed by atoms with E-state index in [-0.39, 0.29) is 17.9 Å². The first-order valence-electron chi connectivity index (χ1n) is 11.9. The Hall–Kier alpha value is -3.08. The second kappa shape index (κ2) is 11.0. The Morgan fingerprint density at radius 3 is 2.69 bits per heavy atom. The van der Waals surface area contributed by atoms with Gasteiger partial charge >= 0.3 is 6.03 Å². The number of amides is 3. The highest BCUT2D eigenvalue weighted by atomic mass is 16.2. The van der Waals surface area contributed by atoms with Gasteiger partial charge in [0.05, 0.1) is 0 Å². The molecule has 0 aromatic heterocycles. The Labute approximate surface area is 190 Å². The van der Waals surface area contributed by atoms with Crippen molar-refractivity contribution in [3.8, 4) is 0 Å². The van der Waals surface area contributed by atoms with Gasteiger partial charge in [-0.1, -0.05) is 42.0 Å². The van der Waals surface area contributed by atoms with Crippen molar-refractivity contribution in [3.05, 3.63) is 77.4 Å². The predicted molar refractivity (Wildman–Crippen MR) is 129 cm³/mol. The minimum absolute atomic E-state index is 0.0160. The van der Waals surface area contributed by atoms with Gasteiger partial charge in [-0.2, -0.15) is 0 Å². The fraction of sp³-hybridized carbons (Fsp3) is 0.407. The summed E-state index contributed by atoms with van der Waals surface area (Å²) in [6, 6.07) is 17.4. The summed E-state index contributed by atoms with van der Waals surface area (Å²) < 4.78 is 0. The summed E-state index contributed by atoms with van der Waals surface area (Å²) in [6.07, 6.45) is 10.2. The number of carbonyl (C=O) groups is 2. The first-order chi connectivity index (χ1) is 15.7. The molecule has 0 spiro atoms. The quantitative estimate of drug-likeness (QED) is 0.575. The maximum Gasteiger partial charge on any atom is 0.321 e. The fourth-order valence-corrected chi connectivity index (χ4v) is 4.66. The van der Waals surface area contributed by atoms with Crippen LogP contribution in [0.2, 0.25) is 0 Å². The van der Waals surface area contributed by atoms with Gasteiger partial charge in [0.1, 0.15) is 0 Å². The molecule has 2 N–H and O–H groups in total. The SMILES string of the molecule is O=C(NCCC1=CCCCC1)c1cccc([C@H]2CCCN(C(=O)Nc3ccccc3)C2)c1. The maximum absolute atomic E-state index is 12.7. The molecule has 5 heteroatoms. The molecule has 4 rings (SSSR count). The van der Waals surface area contributed by atoms with Gasteiger partial charge in [-0.3, -0.25) is 4.79 Å². The molecular weight excluding hydrogens is 398 g/mol. The van der Waals surface area contributed by atoms with E-state index in [4.69, 9.17) is 0 Å². The molecular formula is C27H33N3O2. The Kier molecular flexibility index (Phi) is 7.59. The van der Waals surface area contributed by atoms with Crippen LogP contribution < -0.4 is 10.6 Å². The van der Waals surface area contributed by atoms with E-state index in [9.17, 15) is 9.59 Å². The normalized spacial score (nSPS) is 18.6. The molecule has 0 saturated carbocycles. The highest BCUT2D eigenvalue weighted by molar-refractivity contribution is 5.94. The average Bonchev–Trinajstić information content (AvgIpc) is 2.85. The van der Waals surface area contributed by atoms with Crippen molar-refractivity contribution in [2.75, 3.05) is 25.0 Å². The number of urea groups is 1. The van der Waals surface area contributed by atoms with E-state index < -0.39 is 0 Å². The number of benzene rings is 2. The number of hydrogen-bond donors (Lipinski definition) is 2. The summed E-state index contributed by atoms with van der Waals surface area (Å²) in [5.41, 5.74) is 4.11. The summed E-state index contributed by atoms with van der Waals surface area (Å²) >= 11 is 0. The summed E-state index contributed by atoms with van der Waals surface area (Å²) in [5.74, 6) is 0.225. The molecule has 1 aliphatic heterocycles. The zero-order valence-corrected chi connectivity index (χ0v) is 18.7. The monoisotopic (exact) mass is 431 g/mol. The van der Waals surface area contributed by atoms with Crippen molar-refractivity contribution in [1.29, 1.82) is 0 Å². The number of nitrogens with one attached hydrogen (secondary N) is 2. The lowest BCUT2D eigenvalue weighted by atomic mass is 9.89. The molecule has 1 saturated heterocycles. The van der Waals surface area contributed by atoms with E-state index in [1.807, 2.05) is 53.4 Å². The molecule has 168 valence electrons. The number of hydrogen-bond acceptors (Lipinski definition) is 2. The van der Waals surface area contributed by atoms with E-state index in [0.717, 1.165) is 37.1 Å². The molecule has 1 heterocycles. The Balaban J connectivity index is 1.33. The van der Waals surface area contributed by atoms with Crippen molar-refractivity contribution in [3.63, 3.8) is 0 Å². The van der Waals surface area contributed by atoms with Crippen LogP contribution >= 0.6 is 0 Å². The highest BCUT2D eigenvalue weighted by Crippen LogP contribution is 2.28. The number of para-hydroxylation sites is 1. The molecule has 1 aliphatic carbocycles. The van der Waals surface area contributed by atoms with Gasteiger partial charge in [-0.15, -0.1) is 0 Å². The number of anilines is 1. The summed E-state index contributed by atoms with van der Waals surface area (Å²) in [7, 11) is 0. The molecule has 3 amide bonds. The average molecular weight is 432 g/mol. The standard InChI is InChI=1S/C27H33N3O2/c31-26(28-17-16-21-9-3-1-4-10-21)23-12-7-11-22(19-23)24-13-8-18-30(20-24)27(32)29-25-14-5-2-6-15-25/h2,5-7,9,11-12,14-15,19,24H,1,3-4,8,10,13,16-18,20H2,(H,28,31)(H,29,32)/t24-/m0/s1. The number of piperidine rings is 1. The van der Waals surface area contributed by atoms with E-state index in [1.165, 1.54) is 31.3 Å². The number of allylic oxidation sites excluding steroid dienone is 1. The van der Waals surface area contributed by atoms with E-state index in [1.54, 1.807) is 0 Å². The van der Waals surface area contributed by atoms with Crippen LogP contribution in [0.15, 0.2) is 66.2 Å². The van der Waals surface area contributed by atoms with Gasteiger partial charge in [0.15, 0.2) is 0 Å². The van der Waals surface area contributed by atoms with E-state index in [2.05, 4.69) is 22.8 Å². The molecule has 1 atom stereocenters. The highest BCUT2D eigenvalue weighted by Gasteiger charge is 2.25. The number of carbonyl (C=O) groups excluding carboxylic acids is 2. The second-order valence-electron chi connectivity index (χ2n) is 8.82. The lowest BCUT2D eigenvalue weighted by molar-refractivity contribution is 0.0953. The minimum atomic E-state index is -0.0631. The molecule has 5 nitrogen and oxygen atoms in total. The molecule has 1 fully saturated rings. The number of rotatable bonds is 6. The third-order valence-electron chi connectivity index (χ3n) is 6.47. The van der Waals surface area contributed by atoms with Crippen LogP contribution in [0.1, 0.15) is 66.8 Å². The summed E-state index contributed by atoms with van der Waals surface area (Å²) in [4.78, 5) is 27.3. The summed E-state index contributed by atoms with van der Waals surface area (Å²) in [5, 5.41) is 6.06. The van der Waals surface area contributed by atoms with Gasteiger partial charge in [0.2, 0.25) is 0 Å². The predicted octanol–water partition coefficient (Wildman–Crippen LogP) is 5.72. The van der Waals surface area contributed by atoms with Crippen molar-refractivity contribution in [2.45, 2.75) is 50.9 Å². The Morgan fingerprint density at radius 1 is 1.00 bits per heavy atom. The third-order valence-corrected chi connectivity index (χ3v) is 6.47. The van der Waals surface area contributed by atoms with Gasteiger partial charge in [-0.25, -0.2) is 4.79 Å². The van der Waals surface area contributed by atoms with Crippen molar-refractivity contribution >= 4 is 17.6 Å². The third kappa shape index (κ3) is 6.00. The zero-order valence-electron chi connectivity index (χ0n) is 18.7. The Bertz CT molecular complexity index is 954. The van der Waals surface area contributed by atoms with Crippen molar-refractivity contribution in [2.24, 2.45) is 0 Å². The zero-order chi connectivity index (χ0) is 22.2. The summed E-state index contributed by atoms with van der Waals surface area (Å²) in [6.45, 7) is 2.11. The van der Waals surface area contributed by atoms with Crippen LogP contribution in [-0.4, -0.2) is 36.5 Å². The number of likely N-dealkylation sites (tertiary alicyclic amines) is 1. The van der Waals surface area contributed by atoms with Gasteiger partial charge in [0, 0.05) is 36.8 Å². The number of nitrogens with zero attached hydrogens (tertiary/aromatic N) is 1. The largest absolute Gasteiger partial charge is 0.352 e. The van der Waals surface area contributed by atoms with Crippen LogP contribution in [-0.2, 0) is 0 Å². The molecule has 0 unspecified atom stereocenters. The first-order valence-corrected chi connectivity index (χ1v) is 11.9. The lowest BCUT2D eigenvalue weighted by Gasteiger charge is -2.33. The van der Waals surface area contributed by atoms with Crippen LogP contribution in [0.5, 0.6) is 0 Å².